The van der Waals surface area contributed by atoms with Crippen LogP contribution < -0.4 is 0 Å². The summed E-state index contributed by atoms with van der Waals surface area (Å²) < 4.78 is 1.75. The molecule has 2 rings (SSSR count). The van der Waals surface area contributed by atoms with Crippen molar-refractivity contribution >= 4 is 15.9 Å². The van der Waals surface area contributed by atoms with Gasteiger partial charge in [-0.3, -0.25) is 0 Å². The van der Waals surface area contributed by atoms with Gasteiger partial charge < -0.3 is 0 Å². The summed E-state index contributed by atoms with van der Waals surface area (Å²) in [5, 5.41) is 13.1. The molecule has 0 spiro atoms. The minimum absolute atomic E-state index is 0.752. The smallest absolute Gasteiger partial charge is 0.175 e. The highest BCUT2D eigenvalue weighted by molar-refractivity contribution is 9.09. The fourth-order valence-electron chi connectivity index (χ4n) is 1.30. The second-order valence-corrected chi connectivity index (χ2v) is 3.96. The third-order valence-electron chi connectivity index (χ3n) is 2.03. The van der Waals surface area contributed by atoms with Crippen LogP contribution in [0, 0.1) is 0 Å². The van der Waals surface area contributed by atoms with Crippen LogP contribution in [-0.2, 0) is 6.42 Å². The van der Waals surface area contributed by atoms with Crippen molar-refractivity contribution in [2.75, 3.05) is 5.33 Å². The molecule has 0 aromatic carbocycles. The quantitative estimate of drug-likeness (QED) is 0.796. The number of aryl methyl sites for hydroxylation is 1. The summed E-state index contributed by atoms with van der Waals surface area (Å²) in [6.45, 7) is 0. The van der Waals surface area contributed by atoms with E-state index in [1.54, 1.807) is 10.9 Å². The number of hydrogen-bond acceptors (Lipinski definition) is 3. The standard InChI is InChI=1S/C10H11BrN4/c11-5-1-3-9-7-13-15(8-9)10-4-2-6-12-14-10/h2,4,6-8H,1,3,5H2. The monoisotopic (exact) mass is 266 g/mol. The van der Waals surface area contributed by atoms with E-state index in [2.05, 4.69) is 31.2 Å². The predicted molar refractivity (Wildman–Crippen MR) is 61.3 cm³/mol. The van der Waals surface area contributed by atoms with Gasteiger partial charge in [-0.25, -0.2) is 4.68 Å². The second-order valence-electron chi connectivity index (χ2n) is 3.17. The Morgan fingerprint density at radius 3 is 3.07 bits per heavy atom. The van der Waals surface area contributed by atoms with Crippen molar-refractivity contribution in [1.82, 2.24) is 20.0 Å². The first-order chi connectivity index (χ1) is 7.40. The summed E-state index contributed by atoms with van der Waals surface area (Å²) in [5.41, 5.74) is 1.22. The van der Waals surface area contributed by atoms with Crippen molar-refractivity contribution in [3.63, 3.8) is 0 Å². The van der Waals surface area contributed by atoms with Crippen LogP contribution in [0.2, 0.25) is 0 Å². The van der Waals surface area contributed by atoms with Gasteiger partial charge >= 0.3 is 0 Å². The average molecular weight is 267 g/mol. The summed E-state index contributed by atoms with van der Waals surface area (Å²) in [4.78, 5) is 0. The van der Waals surface area contributed by atoms with Crippen molar-refractivity contribution in [2.45, 2.75) is 12.8 Å². The van der Waals surface area contributed by atoms with Gasteiger partial charge in [0.15, 0.2) is 5.82 Å². The highest BCUT2D eigenvalue weighted by Crippen LogP contribution is 2.06. The number of hydrogen-bond donors (Lipinski definition) is 0. The number of alkyl halides is 1. The van der Waals surface area contributed by atoms with Gasteiger partial charge in [0.1, 0.15) is 0 Å². The topological polar surface area (TPSA) is 43.6 Å². The van der Waals surface area contributed by atoms with Crippen LogP contribution in [0.25, 0.3) is 5.82 Å². The zero-order valence-electron chi connectivity index (χ0n) is 8.17. The van der Waals surface area contributed by atoms with Crippen LogP contribution in [0.3, 0.4) is 0 Å². The maximum absolute atomic E-state index is 4.24. The molecule has 0 aliphatic heterocycles. The Morgan fingerprint density at radius 1 is 1.40 bits per heavy atom. The molecular formula is C10H11BrN4. The Morgan fingerprint density at radius 2 is 2.33 bits per heavy atom. The number of rotatable bonds is 4. The Hall–Kier alpha value is -1.23. The molecule has 0 radical (unpaired) electrons. The van der Waals surface area contributed by atoms with Gasteiger partial charge in [0, 0.05) is 17.7 Å². The van der Waals surface area contributed by atoms with Crippen LogP contribution in [-0.4, -0.2) is 25.3 Å². The highest BCUT2D eigenvalue weighted by atomic mass is 79.9. The molecular weight excluding hydrogens is 256 g/mol. The molecule has 0 atom stereocenters. The molecule has 0 aliphatic rings. The van der Waals surface area contributed by atoms with E-state index >= 15 is 0 Å². The van der Waals surface area contributed by atoms with E-state index in [-0.39, 0.29) is 0 Å². The van der Waals surface area contributed by atoms with Gasteiger partial charge in [-0.1, -0.05) is 15.9 Å². The van der Waals surface area contributed by atoms with Gasteiger partial charge in [0.05, 0.1) is 6.20 Å². The Bertz CT molecular complexity index is 412. The van der Waals surface area contributed by atoms with Crippen LogP contribution >= 0.6 is 15.9 Å². The summed E-state index contributed by atoms with van der Waals surface area (Å²) >= 11 is 3.41. The van der Waals surface area contributed by atoms with E-state index in [1.165, 1.54) is 5.56 Å². The minimum Gasteiger partial charge on any atom is -0.221 e. The van der Waals surface area contributed by atoms with Crippen molar-refractivity contribution < 1.29 is 0 Å². The summed E-state index contributed by atoms with van der Waals surface area (Å²) in [7, 11) is 0. The lowest BCUT2D eigenvalue weighted by atomic mass is 10.2. The lowest BCUT2D eigenvalue weighted by molar-refractivity contribution is 0.813. The lowest BCUT2D eigenvalue weighted by Crippen LogP contribution is -1.98. The Kier molecular flexibility index (Phi) is 3.45. The fraction of sp³-hybridized carbons (Fsp3) is 0.300. The van der Waals surface area contributed by atoms with Gasteiger partial charge in [-0.2, -0.15) is 10.2 Å². The molecule has 2 aromatic rings. The number of halogens is 1. The van der Waals surface area contributed by atoms with Crippen molar-refractivity contribution in [3.8, 4) is 5.82 Å². The first kappa shape index (κ1) is 10.3. The summed E-state index contributed by atoms with van der Waals surface area (Å²) in [5.74, 6) is 0.752. The largest absolute Gasteiger partial charge is 0.221 e. The molecule has 78 valence electrons. The molecule has 0 saturated carbocycles. The highest BCUT2D eigenvalue weighted by Gasteiger charge is 2.01. The van der Waals surface area contributed by atoms with Crippen molar-refractivity contribution in [2.24, 2.45) is 0 Å². The number of nitrogens with zero attached hydrogens (tertiary/aromatic N) is 4. The van der Waals surface area contributed by atoms with Crippen LogP contribution in [0.1, 0.15) is 12.0 Å². The first-order valence-corrected chi connectivity index (χ1v) is 5.90. The van der Waals surface area contributed by atoms with Crippen LogP contribution in [0.4, 0.5) is 0 Å². The normalized spacial score (nSPS) is 10.5. The fourth-order valence-corrected chi connectivity index (χ4v) is 1.58. The zero-order chi connectivity index (χ0) is 10.5. The van der Waals surface area contributed by atoms with Gasteiger partial charge in [0.2, 0.25) is 0 Å². The van der Waals surface area contributed by atoms with E-state index in [1.807, 2.05) is 24.5 Å². The maximum atomic E-state index is 4.24. The molecule has 0 N–H and O–H groups in total. The van der Waals surface area contributed by atoms with Gasteiger partial charge in [-0.15, -0.1) is 5.10 Å². The van der Waals surface area contributed by atoms with E-state index < -0.39 is 0 Å². The molecule has 0 saturated heterocycles. The van der Waals surface area contributed by atoms with Gasteiger partial charge in [-0.05, 0) is 30.5 Å². The van der Waals surface area contributed by atoms with Crippen molar-refractivity contribution in [1.29, 1.82) is 0 Å². The molecule has 5 heteroatoms. The molecule has 0 fully saturated rings. The molecule has 0 aliphatic carbocycles. The van der Waals surface area contributed by atoms with Crippen LogP contribution in [0.15, 0.2) is 30.7 Å². The predicted octanol–water partition coefficient (Wildman–Crippen LogP) is 1.99. The minimum atomic E-state index is 0.752. The molecule has 0 unspecified atom stereocenters. The molecule has 15 heavy (non-hydrogen) atoms. The van der Waals surface area contributed by atoms with E-state index in [9.17, 15) is 0 Å². The summed E-state index contributed by atoms with van der Waals surface area (Å²) in [6, 6.07) is 3.73. The first-order valence-electron chi connectivity index (χ1n) is 4.78. The average Bonchev–Trinajstić information content (AvgIpc) is 2.76. The third kappa shape index (κ3) is 2.62. The molecule has 2 heterocycles. The lowest BCUT2D eigenvalue weighted by Gasteiger charge is -1.96. The van der Waals surface area contributed by atoms with Crippen molar-refractivity contribution in [3.05, 3.63) is 36.3 Å². The van der Waals surface area contributed by atoms with E-state index in [0.717, 1.165) is 24.0 Å². The number of aromatic nitrogens is 4. The Balaban J connectivity index is 2.14. The zero-order valence-corrected chi connectivity index (χ0v) is 9.76. The van der Waals surface area contributed by atoms with E-state index in [0.29, 0.717) is 0 Å². The molecule has 4 nitrogen and oxygen atoms in total. The van der Waals surface area contributed by atoms with Gasteiger partial charge in [0.25, 0.3) is 0 Å². The third-order valence-corrected chi connectivity index (χ3v) is 2.59. The Labute approximate surface area is 96.5 Å². The molecule has 0 bridgehead atoms. The summed E-state index contributed by atoms with van der Waals surface area (Å²) in [6.07, 6.45) is 7.67. The maximum Gasteiger partial charge on any atom is 0.175 e. The molecule has 0 amide bonds. The second kappa shape index (κ2) is 5.02. The SMILES string of the molecule is BrCCCc1cnn(-c2cccnn2)c1. The van der Waals surface area contributed by atoms with E-state index in [4.69, 9.17) is 0 Å². The van der Waals surface area contributed by atoms with Crippen LogP contribution in [0.5, 0.6) is 0 Å². The molecule has 2 aromatic heterocycles.